The lowest BCUT2D eigenvalue weighted by Gasteiger charge is -2.30. The second kappa shape index (κ2) is 5.34. The van der Waals surface area contributed by atoms with Gasteiger partial charge in [-0.2, -0.15) is 0 Å². The molecule has 0 bridgehead atoms. The number of rotatable bonds is 4. The molecule has 0 saturated heterocycles. The molecule has 2 N–H and O–H groups in total. The zero-order valence-electron chi connectivity index (χ0n) is 7.72. The highest BCUT2D eigenvalue weighted by Crippen LogP contribution is 2.19. The molecule has 4 nitrogen and oxygen atoms in total. The first-order valence-corrected chi connectivity index (χ1v) is 4.49. The molecule has 1 aliphatic heterocycles. The van der Waals surface area contributed by atoms with Crippen molar-refractivity contribution in [1.82, 2.24) is 0 Å². The van der Waals surface area contributed by atoms with Crippen molar-refractivity contribution in [2.75, 3.05) is 19.8 Å². The van der Waals surface area contributed by atoms with Crippen LogP contribution in [0.2, 0.25) is 0 Å². The van der Waals surface area contributed by atoms with Gasteiger partial charge in [-0.3, -0.25) is 0 Å². The van der Waals surface area contributed by atoms with E-state index in [0.29, 0.717) is 6.61 Å². The van der Waals surface area contributed by atoms with Crippen LogP contribution in [0, 0.1) is 5.92 Å². The lowest BCUT2D eigenvalue weighted by Crippen LogP contribution is -2.36. The smallest absolute Gasteiger partial charge is 0.166 e. The van der Waals surface area contributed by atoms with Crippen molar-refractivity contribution >= 4 is 0 Å². The lowest BCUT2D eigenvalue weighted by atomic mass is 10.1. The molecule has 0 amide bonds. The van der Waals surface area contributed by atoms with Gasteiger partial charge < -0.3 is 19.7 Å². The molecule has 0 aliphatic carbocycles. The van der Waals surface area contributed by atoms with Crippen LogP contribution in [0.5, 0.6) is 0 Å². The molecule has 0 fully saturated rings. The molecular weight excluding hydrogens is 172 g/mol. The van der Waals surface area contributed by atoms with Gasteiger partial charge in [0.15, 0.2) is 6.29 Å². The summed E-state index contributed by atoms with van der Waals surface area (Å²) in [4.78, 5) is 0. The summed E-state index contributed by atoms with van der Waals surface area (Å²) in [6, 6.07) is 0. The number of aliphatic hydroxyl groups is 2. The van der Waals surface area contributed by atoms with Gasteiger partial charge in [-0.05, 0) is 6.92 Å². The average Bonchev–Trinajstić information content (AvgIpc) is 2.18. The molecule has 0 aromatic rings. The number of hydrogen-bond donors (Lipinski definition) is 2. The van der Waals surface area contributed by atoms with E-state index in [1.807, 2.05) is 13.0 Å². The number of ether oxygens (including phenoxy) is 2. The predicted molar refractivity (Wildman–Crippen MR) is 47.1 cm³/mol. The van der Waals surface area contributed by atoms with E-state index >= 15 is 0 Å². The molecule has 0 unspecified atom stereocenters. The molecule has 0 radical (unpaired) electrons. The van der Waals surface area contributed by atoms with E-state index in [2.05, 4.69) is 0 Å². The van der Waals surface area contributed by atoms with Crippen molar-refractivity contribution in [3.63, 3.8) is 0 Å². The largest absolute Gasteiger partial charge is 0.396 e. The van der Waals surface area contributed by atoms with Crippen molar-refractivity contribution in [3.05, 3.63) is 12.2 Å². The highest BCUT2D eigenvalue weighted by Gasteiger charge is 2.26. The van der Waals surface area contributed by atoms with Crippen LogP contribution in [0.25, 0.3) is 0 Å². The van der Waals surface area contributed by atoms with Gasteiger partial charge in [0.1, 0.15) is 6.10 Å². The summed E-state index contributed by atoms with van der Waals surface area (Å²) in [5.74, 6) is -0.122. The summed E-state index contributed by atoms with van der Waals surface area (Å²) in [6.45, 7) is 2.34. The zero-order chi connectivity index (χ0) is 9.68. The van der Waals surface area contributed by atoms with E-state index in [4.69, 9.17) is 19.7 Å². The highest BCUT2D eigenvalue weighted by molar-refractivity contribution is 4.99. The van der Waals surface area contributed by atoms with E-state index in [1.165, 1.54) is 0 Å². The second-order valence-corrected chi connectivity index (χ2v) is 2.91. The Kier molecular flexibility index (Phi) is 4.38. The first-order valence-electron chi connectivity index (χ1n) is 4.49. The average molecular weight is 188 g/mol. The molecule has 1 rings (SSSR count). The molecule has 0 aromatic carbocycles. The fourth-order valence-electron chi connectivity index (χ4n) is 1.25. The van der Waals surface area contributed by atoms with Crippen molar-refractivity contribution in [3.8, 4) is 0 Å². The minimum Gasteiger partial charge on any atom is -0.396 e. The third-order valence-electron chi connectivity index (χ3n) is 1.95. The molecule has 0 saturated carbocycles. The summed E-state index contributed by atoms with van der Waals surface area (Å²) in [7, 11) is 0. The molecule has 0 spiro atoms. The Morgan fingerprint density at radius 2 is 2.08 bits per heavy atom. The van der Waals surface area contributed by atoms with E-state index in [9.17, 15) is 0 Å². The van der Waals surface area contributed by atoms with Gasteiger partial charge in [-0.25, -0.2) is 0 Å². The maximum absolute atomic E-state index is 8.97. The summed E-state index contributed by atoms with van der Waals surface area (Å²) in [6.07, 6.45) is 2.83. The van der Waals surface area contributed by atoms with Crippen LogP contribution < -0.4 is 0 Å². The Labute approximate surface area is 77.8 Å². The summed E-state index contributed by atoms with van der Waals surface area (Å²) >= 11 is 0. The van der Waals surface area contributed by atoms with Crippen LogP contribution in [0.1, 0.15) is 6.92 Å². The predicted octanol–water partition coefficient (Wildman–Crippen LogP) is -0.0952. The van der Waals surface area contributed by atoms with Gasteiger partial charge in [0.25, 0.3) is 0 Å². The molecule has 4 heteroatoms. The molecule has 3 atom stereocenters. The van der Waals surface area contributed by atoms with Crippen LogP contribution in [-0.2, 0) is 9.47 Å². The van der Waals surface area contributed by atoms with Crippen LogP contribution in [0.15, 0.2) is 12.2 Å². The Bertz CT molecular complexity index is 169. The molecule has 0 aromatic heterocycles. The summed E-state index contributed by atoms with van der Waals surface area (Å²) in [5.41, 5.74) is 0. The van der Waals surface area contributed by atoms with Crippen LogP contribution in [0.4, 0.5) is 0 Å². The van der Waals surface area contributed by atoms with Crippen LogP contribution in [-0.4, -0.2) is 42.4 Å². The maximum atomic E-state index is 8.97. The number of hydrogen-bond acceptors (Lipinski definition) is 4. The molecule has 1 heterocycles. The van der Waals surface area contributed by atoms with E-state index in [0.717, 1.165) is 0 Å². The zero-order valence-corrected chi connectivity index (χ0v) is 7.72. The topological polar surface area (TPSA) is 58.9 Å². The van der Waals surface area contributed by atoms with Gasteiger partial charge >= 0.3 is 0 Å². The molecule has 76 valence electrons. The lowest BCUT2D eigenvalue weighted by molar-refractivity contribution is -0.195. The van der Waals surface area contributed by atoms with E-state index in [-0.39, 0.29) is 25.2 Å². The Balaban J connectivity index is 2.53. The summed E-state index contributed by atoms with van der Waals surface area (Å²) in [5, 5.41) is 17.8. The van der Waals surface area contributed by atoms with Gasteiger partial charge in [0, 0.05) is 6.61 Å². The molecule has 13 heavy (non-hydrogen) atoms. The fraction of sp³-hybridized carbons (Fsp3) is 0.778. The van der Waals surface area contributed by atoms with Crippen molar-refractivity contribution < 1.29 is 19.7 Å². The third-order valence-corrected chi connectivity index (χ3v) is 1.95. The molecular formula is C9H16O4. The van der Waals surface area contributed by atoms with Gasteiger partial charge in [-0.1, -0.05) is 12.2 Å². The minimum absolute atomic E-state index is 0.000679. The standard InChI is InChI=1S/C9H16O4/c1-2-12-9-7(5-10)3-4-8(6-11)13-9/h3-4,7-11H,2,5-6H2,1H3/t7-,8+,9+/m0/s1. The maximum Gasteiger partial charge on any atom is 0.166 e. The van der Waals surface area contributed by atoms with Crippen LogP contribution in [0.3, 0.4) is 0 Å². The quantitative estimate of drug-likeness (QED) is 0.605. The SMILES string of the molecule is CCO[C@@H]1O[C@@H](CO)C=C[C@H]1CO. The first-order chi connectivity index (χ1) is 6.31. The second-order valence-electron chi connectivity index (χ2n) is 2.91. The van der Waals surface area contributed by atoms with Crippen molar-refractivity contribution in [2.24, 2.45) is 5.92 Å². The van der Waals surface area contributed by atoms with E-state index in [1.54, 1.807) is 6.08 Å². The first kappa shape index (κ1) is 10.7. The minimum atomic E-state index is -0.433. The molecule has 1 aliphatic rings. The Morgan fingerprint density at radius 3 is 2.62 bits per heavy atom. The van der Waals surface area contributed by atoms with Gasteiger partial charge in [0.05, 0.1) is 19.1 Å². The monoisotopic (exact) mass is 188 g/mol. The summed E-state index contributed by atoms with van der Waals surface area (Å²) < 4.78 is 10.6. The van der Waals surface area contributed by atoms with Crippen LogP contribution >= 0.6 is 0 Å². The van der Waals surface area contributed by atoms with Gasteiger partial charge in [0.2, 0.25) is 0 Å². The van der Waals surface area contributed by atoms with Crippen molar-refractivity contribution in [1.29, 1.82) is 0 Å². The normalized spacial score (nSPS) is 33.6. The Morgan fingerprint density at radius 1 is 1.31 bits per heavy atom. The Hall–Kier alpha value is -0.420. The van der Waals surface area contributed by atoms with E-state index < -0.39 is 6.29 Å². The third kappa shape index (κ3) is 2.77. The number of aliphatic hydroxyl groups excluding tert-OH is 2. The van der Waals surface area contributed by atoms with Crippen molar-refractivity contribution in [2.45, 2.75) is 19.3 Å². The fourth-order valence-corrected chi connectivity index (χ4v) is 1.25. The highest BCUT2D eigenvalue weighted by atomic mass is 16.7. The van der Waals surface area contributed by atoms with Gasteiger partial charge in [-0.15, -0.1) is 0 Å².